The Balaban J connectivity index is 2.04. The molecule has 1 aromatic heterocycles. The van der Waals surface area contributed by atoms with Crippen molar-refractivity contribution in [2.45, 2.75) is 6.42 Å². The molecule has 0 radical (unpaired) electrons. The summed E-state index contributed by atoms with van der Waals surface area (Å²) >= 11 is 0. The molecule has 0 atom stereocenters. The third kappa shape index (κ3) is 3.22. The van der Waals surface area contributed by atoms with Crippen LogP contribution in [0.25, 0.3) is 11.1 Å². The van der Waals surface area contributed by atoms with E-state index in [0.29, 0.717) is 17.5 Å². The van der Waals surface area contributed by atoms with Crippen molar-refractivity contribution in [1.29, 1.82) is 0 Å². The summed E-state index contributed by atoms with van der Waals surface area (Å²) in [5, 5.41) is 0. The molecule has 1 heterocycles. The number of oxazole rings is 1. The van der Waals surface area contributed by atoms with E-state index in [4.69, 9.17) is 4.42 Å². The Kier molecular flexibility index (Phi) is 3.74. The second-order valence-electron chi connectivity index (χ2n) is 4.28. The SMILES string of the molecule is CN(C)S(=O)(=O)NCCc1ccc2oc(=O)[nH]c2c1. The molecule has 2 aromatic rings. The quantitative estimate of drug-likeness (QED) is 0.812. The highest BCUT2D eigenvalue weighted by Crippen LogP contribution is 2.12. The zero-order valence-corrected chi connectivity index (χ0v) is 11.5. The summed E-state index contributed by atoms with van der Waals surface area (Å²) in [6.45, 7) is 0.286. The fraction of sp³-hybridized carbons (Fsp3) is 0.364. The number of nitrogens with zero attached hydrogens (tertiary/aromatic N) is 1. The van der Waals surface area contributed by atoms with Crippen molar-refractivity contribution in [2.75, 3.05) is 20.6 Å². The zero-order valence-electron chi connectivity index (χ0n) is 10.6. The predicted molar refractivity (Wildman–Crippen MR) is 71.1 cm³/mol. The molecule has 2 N–H and O–H groups in total. The molecule has 7 nitrogen and oxygen atoms in total. The van der Waals surface area contributed by atoms with Crippen LogP contribution in [0.2, 0.25) is 0 Å². The number of aromatic nitrogens is 1. The maximum atomic E-state index is 11.5. The maximum absolute atomic E-state index is 11.5. The number of fused-ring (bicyclic) bond motifs is 1. The highest BCUT2D eigenvalue weighted by molar-refractivity contribution is 7.87. The first kappa shape index (κ1) is 13.8. The van der Waals surface area contributed by atoms with Crippen LogP contribution in [0.1, 0.15) is 5.56 Å². The summed E-state index contributed by atoms with van der Waals surface area (Å²) in [5.74, 6) is -0.500. The summed E-state index contributed by atoms with van der Waals surface area (Å²) in [6.07, 6.45) is 0.524. The van der Waals surface area contributed by atoms with Crippen LogP contribution >= 0.6 is 0 Å². The van der Waals surface area contributed by atoms with Crippen molar-refractivity contribution in [1.82, 2.24) is 14.0 Å². The summed E-state index contributed by atoms with van der Waals surface area (Å²) in [7, 11) is -0.474. The average molecular weight is 285 g/mol. The lowest BCUT2D eigenvalue weighted by Gasteiger charge is -2.12. The van der Waals surface area contributed by atoms with Gasteiger partial charge in [0, 0.05) is 20.6 Å². The minimum absolute atomic E-state index is 0.286. The van der Waals surface area contributed by atoms with Gasteiger partial charge in [-0.2, -0.15) is 12.7 Å². The van der Waals surface area contributed by atoms with Gasteiger partial charge in [0.25, 0.3) is 10.2 Å². The summed E-state index contributed by atoms with van der Waals surface area (Å²) in [6, 6.07) is 5.25. The Bertz CT molecular complexity index is 730. The zero-order chi connectivity index (χ0) is 14.0. The largest absolute Gasteiger partial charge is 0.417 e. The highest BCUT2D eigenvalue weighted by atomic mass is 32.2. The number of H-pyrrole nitrogens is 1. The first-order valence-electron chi connectivity index (χ1n) is 5.67. The molecule has 19 heavy (non-hydrogen) atoms. The number of hydrogen-bond donors (Lipinski definition) is 2. The van der Waals surface area contributed by atoms with Gasteiger partial charge in [0.15, 0.2) is 5.58 Å². The smallest absolute Gasteiger partial charge is 0.408 e. The summed E-state index contributed by atoms with van der Waals surface area (Å²) in [4.78, 5) is 13.6. The molecule has 0 saturated heterocycles. The van der Waals surface area contributed by atoms with Crippen LogP contribution in [-0.4, -0.2) is 38.3 Å². The highest BCUT2D eigenvalue weighted by Gasteiger charge is 2.11. The first-order valence-corrected chi connectivity index (χ1v) is 7.11. The second-order valence-corrected chi connectivity index (χ2v) is 6.25. The van der Waals surface area contributed by atoms with Gasteiger partial charge in [-0.25, -0.2) is 9.52 Å². The molecule has 0 saturated carbocycles. The molecule has 8 heteroatoms. The van der Waals surface area contributed by atoms with Gasteiger partial charge >= 0.3 is 5.76 Å². The molecule has 0 aliphatic rings. The molecule has 0 fully saturated rings. The lowest BCUT2D eigenvalue weighted by atomic mass is 10.1. The second kappa shape index (κ2) is 5.16. The van der Waals surface area contributed by atoms with Crippen LogP contribution in [0, 0.1) is 0 Å². The molecule has 0 aliphatic heterocycles. The number of rotatable bonds is 5. The Morgan fingerprint density at radius 2 is 2.11 bits per heavy atom. The Morgan fingerprint density at radius 1 is 1.37 bits per heavy atom. The van der Waals surface area contributed by atoms with Crippen LogP contribution in [0.15, 0.2) is 27.4 Å². The molecule has 0 amide bonds. The van der Waals surface area contributed by atoms with Crippen LogP contribution in [0.5, 0.6) is 0 Å². The van der Waals surface area contributed by atoms with Gasteiger partial charge in [0.05, 0.1) is 5.52 Å². The number of hydrogen-bond acceptors (Lipinski definition) is 4. The minimum atomic E-state index is -3.40. The predicted octanol–water partition coefficient (Wildman–Crippen LogP) is 0.0596. The standard InChI is InChI=1S/C11H15N3O4S/c1-14(2)19(16,17)12-6-5-8-3-4-10-9(7-8)13-11(15)18-10/h3-4,7,12H,5-6H2,1-2H3,(H,13,15). The number of benzene rings is 1. The van der Waals surface area contributed by atoms with E-state index in [0.717, 1.165) is 9.87 Å². The van der Waals surface area contributed by atoms with E-state index in [-0.39, 0.29) is 6.54 Å². The Morgan fingerprint density at radius 3 is 2.79 bits per heavy atom. The van der Waals surface area contributed by atoms with Crippen LogP contribution in [0.4, 0.5) is 0 Å². The third-order valence-electron chi connectivity index (χ3n) is 2.66. The molecule has 104 valence electrons. The average Bonchev–Trinajstić information content (AvgIpc) is 2.68. The molecule has 0 bridgehead atoms. The van der Waals surface area contributed by atoms with E-state index >= 15 is 0 Å². The molecular weight excluding hydrogens is 270 g/mol. The van der Waals surface area contributed by atoms with E-state index in [1.165, 1.54) is 14.1 Å². The van der Waals surface area contributed by atoms with Gasteiger partial charge in [-0.3, -0.25) is 4.98 Å². The first-order chi connectivity index (χ1) is 8.88. The summed E-state index contributed by atoms with van der Waals surface area (Å²) in [5.41, 5.74) is 2.01. The fourth-order valence-corrected chi connectivity index (χ4v) is 2.23. The fourth-order valence-electron chi connectivity index (χ4n) is 1.61. The maximum Gasteiger partial charge on any atom is 0.417 e. The van der Waals surface area contributed by atoms with E-state index < -0.39 is 16.0 Å². The molecule has 1 aromatic carbocycles. The molecular formula is C11H15N3O4S. The van der Waals surface area contributed by atoms with Crippen molar-refractivity contribution in [3.05, 3.63) is 34.3 Å². The van der Waals surface area contributed by atoms with Crippen LogP contribution < -0.4 is 10.5 Å². The van der Waals surface area contributed by atoms with Gasteiger partial charge < -0.3 is 4.42 Å². The normalized spacial score (nSPS) is 12.4. The molecule has 0 unspecified atom stereocenters. The topological polar surface area (TPSA) is 95.4 Å². The third-order valence-corrected chi connectivity index (χ3v) is 4.19. The van der Waals surface area contributed by atoms with E-state index in [1.807, 2.05) is 0 Å². The Labute approximate surface area is 110 Å². The lowest BCUT2D eigenvalue weighted by molar-refractivity contribution is 0.506. The van der Waals surface area contributed by atoms with E-state index in [9.17, 15) is 13.2 Å². The van der Waals surface area contributed by atoms with E-state index in [1.54, 1.807) is 18.2 Å². The van der Waals surface area contributed by atoms with Gasteiger partial charge in [-0.05, 0) is 24.1 Å². The minimum Gasteiger partial charge on any atom is -0.408 e. The molecule has 0 spiro atoms. The van der Waals surface area contributed by atoms with Crippen molar-refractivity contribution in [3.63, 3.8) is 0 Å². The van der Waals surface area contributed by atoms with Crippen molar-refractivity contribution in [3.8, 4) is 0 Å². The van der Waals surface area contributed by atoms with Gasteiger partial charge in [-0.15, -0.1) is 0 Å². The van der Waals surface area contributed by atoms with Gasteiger partial charge in [0.2, 0.25) is 0 Å². The molecule has 2 rings (SSSR count). The van der Waals surface area contributed by atoms with Crippen molar-refractivity contribution < 1.29 is 12.8 Å². The van der Waals surface area contributed by atoms with Crippen LogP contribution in [-0.2, 0) is 16.6 Å². The number of nitrogens with one attached hydrogen (secondary N) is 2. The monoisotopic (exact) mass is 285 g/mol. The van der Waals surface area contributed by atoms with E-state index in [2.05, 4.69) is 9.71 Å². The number of aromatic amines is 1. The lowest BCUT2D eigenvalue weighted by Crippen LogP contribution is -2.36. The summed E-state index contributed by atoms with van der Waals surface area (Å²) < 4.78 is 31.4. The Hall–Kier alpha value is -1.64. The van der Waals surface area contributed by atoms with Crippen molar-refractivity contribution in [2.24, 2.45) is 0 Å². The van der Waals surface area contributed by atoms with Crippen molar-refractivity contribution >= 4 is 21.3 Å². The van der Waals surface area contributed by atoms with Gasteiger partial charge in [-0.1, -0.05) is 6.07 Å². The molecule has 0 aliphatic carbocycles. The van der Waals surface area contributed by atoms with Gasteiger partial charge in [0.1, 0.15) is 0 Å². The van der Waals surface area contributed by atoms with Crippen LogP contribution in [0.3, 0.4) is 0 Å².